The van der Waals surface area contributed by atoms with E-state index >= 15 is 0 Å². The lowest BCUT2D eigenvalue weighted by Gasteiger charge is -2.40. The minimum Gasteiger partial charge on any atom is -0.468 e. The third-order valence-electron chi connectivity index (χ3n) is 8.00. The van der Waals surface area contributed by atoms with Gasteiger partial charge in [0.25, 0.3) is 5.69 Å². The van der Waals surface area contributed by atoms with Crippen molar-refractivity contribution in [2.24, 2.45) is 0 Å². The molecule has 12 nitrogen and oxygen atoms in total. The highest BCUT2D eigenvalue weighted by molar-refractivity contribution is 7.80. The Kier molecular flexibility index (Phi) is 10.1. The summed E-state index contributed by atoms with van der Waals surface area (Å²) >= 11 is 5.32. The van der Waals surface area contributed by atoms with Crippen molar-refractivity contribution in [3.8, 4) is 0 Å². The summed E-state index contributed by atoms with van der Waals surface area (Å²) in [4.78, 5) is 53.3. The van der Waals surface area contributed by atoms with E-state index in [4.69, 9.17) is 21.7 Å². The van der Waals surface area contributed by atoms with Gasteiger partial charge in [0.2, 0.25) is 5.91 Å². The van der Waals surface area contributed by atoms with Gasteiger partial charge in [-0.25, -0.2) is 9.69 Å². The number of non-ortho nitro benzene ring substituents is 1. The number of hydrogen-bond donors (Lipinski definition) is 2. The Morgan fingerprint density at radius 2 is 1.72 bits per heavy atom. The normalized spacial score (nSPS) is 18.2. The van der Waals surface area contributed by atoms with Gasteiger partial charge in [0, 0.05) is 24.3 Å². The Hall–Kier alpha value is -4.36. The summed E-state index contributed by atoms with van der Waals surface area (Å²) < 4.78 is 10.2. The lowest BCUT2D eigenvalue weighted by molar-refractivity contribution is -0.384. The maximum Gasteiger partial charge on any atom is 0.420 e. The third-order valence-corrected chi connectivity index (χ3v) is 8.22. The zero-order valence-electron chi connectivity index (χ0n) is 24.3. The quantitative estimate of drug-likeness (QED) is 0.185. The highest BCUT2D eigenvalue weighted by Crippen LogP contribution is 2.37. The summed E-state index contributed by atoms with van der Waals surface area (Å²) in [6.45, 7) is 3.59. The fourth-order valence-electron chi connectivity index (χ4n) is 5.73. The molecule has 2 heterocycles. The summed E-state index contributed by atoms with van der Waals surface area (Å²) in [7, 11) is 2.61. The topological polar surface area (TPSA) is 143 Å². The number of amides is 2. The van der Waals surface area contributed by atoms with E-state index < -0.39 is 28.4 Å². The van der Waals surface area contributed by atoms with Crippen LogP contribution in [0.3, 0.4) is 0 Å². The number of ether oxygens (including phenoxy) is 2. The number of piperidine rings is 1. The van der Waals surface area contributed by atoms with Gasteiger partial charge in [-0.2, -0.15) is 0 Å². The second kappa shape index (κ2) is 13.7. The first-order valence-corrected chi connectivity index (χ1v) is 14.3. The zero-order valence-corrected chi connectivity index (χ0v) is 25.1. The Morgan fingerprint density at radius 3 is 2.30 bits per heavy atom. The van der Waals surface area contributed by atoms with Gasteiger partial charge in [-0.1, -0.05) is 30.3 Å². The first-order chi connectivity index (χ1) is 20.6. The zero-order chi connectivity index (χ0) is 31.1. The number of likely N-dealkylation sites (tertiary alicyclic amines) is 1. The van der Waals surface area contributed by atoms with Crippen molar-refractivity contribution >= 4 is 41.0 Å². The predicted octanol–water partition coefficient (Wildman–Crippen LogP) is 3.93. The van der Waals surface area contributed by atoms with Gasteiger partial charge in [-0.15, -0.1) is 0 Å². The molecule has 0 aromatic heterocycles. The molecule has 0 bridgehead atoms. The molecule has 228 valence electrons. The Morgan fingerprint density at radius 1 is 1.07 bits per heavy atom. The molecule has 2 aliphatic heterocycles. The van der Waals surface area contributed by atoms with Crippen LogP contribution < -0.4 is 10.6 Å². The number of methoxy groups -OCH3 is 2. The molecule has 0 radical (unpaired) electrons. The van der Waals surface area contributed by atoms with E-state index in [9.17, 15) is 24.5 Å². The number of rotatable bonds is 9. The van der Waals surface area contributed by atoms with E-state index in [2.05, 4.69) is 15.5 Å². The summed E-state index contributed by atoms with van der Waals surface area (Å²) in [6, 6.07) is 14.7. The SMILES string of the molecule is COC(=O)N(C(=O)CCCN1CCC(C(=O)OC)(c2ccccc2)CC1)C1=C(C)NC(=S)NC1c1ccc([N+](=O)[O-])cc1. The van der Waals surface area contributed by atoms with E-state index in [0.29, 0.717) is 55.9 Å². The molecule has 2 aromatic rings. The number of esters is 1. The molecular formula is C30H35N5O7S. The number of imide groups is 1. The smallest absolute Gasteiger partial charge is 0.420 e. The molecule has 1 atom stereocenters. The summed E-state index contributed by atoms with van der Waals surface area (Å²) in [6.07, 6.45) is 0.849. The molecule has 0 aliphatic carbocycles. The number of nitro groups is 1. The molecule has 1 saturated heterocycles. The molecule has 43 heavy (non-hydrogen) atoms. The van der Waals surface area contributed by atoms with Crippen LogP contribution in [0.2, 0.25) is 0 Å². The van der Waals surface area contributed by atoms with E-state index in [0.717, 1.165) is 10.5 Å². The first-order valence-electron chi connectivity index (χ1n) is 13.9. The van der Waals surface area contributed by atoms with Crippen LogP contribution in [-0.4, -0.2) is 71.7 Å². The predicted molar refractivity (Wildman–Crippen MR) is 162 cm³/mol. The average molecular weight is 610 g/mol. The standard InChI is InChI=1S/C30H35N5O7S/c1-20-26(25(32-28(43)31-20)21-11-13-23(14-12-21)35(39)40)34(29(38)42-3)24(36)10-7-17-33-18-15-30(16-19-33,27(37)41-2)22-8-5-4-6-9-22/h4-6,8-9,11-14,25H,7,10,15-19H2,1-3H3,(H2,31,32,43). The fraction of sp³-hybridized carbons (Fsp3) is 0.400. The van der Waals surface area contributed by atoms with Crippen LogP contribution in [0, 0.1) is 10.1 Å². The Labute approximate surface area is 255 Å². The number of nitrogens with zero attached hydrogens (tertiary/aromatic N) is 3. The number of benzene rings is 2. The minimum atomic E-state index is -0.855. The largest absolute Gasteiger partial charge is 0.468 e. The lowest BCUT2D eigenvalue weighted by Crippen LogP contribution is -2.50. The van der Waals surface area contributed by atoms with Gasteiger partial charge in [0.05, 0.1) is 36.3 Å². The monoisotopic (exact) mass is 609 g/mol. The van der Waals surface area contributed by atoms with Crippen LogP contribution in [0.25, 0.3) is 0 Å². The molecule has 2 aliphatic rings. The van der Waals surface area contributed by atoms with Gasteiger partial charge in [0.15, 0.2) is 5.11 Å². The van der Waals surface area contributed by atoms with Crippen molar-refractivity contribution < 1.29 is 28.8 Å². The van der Waals surface area contributed by atoms with Crippen molar-refractivity contribution in [2.45, 2.75) is 44.1 Å². The van der Waals surface area contributed by atoms with Crippen molar-refractivity contribution in [3.63, 3.8) is 0 Å². The number of nitrogens with one attached hydrogen (secondary N) is 2. The number of carbonyl (C=O) groups is 3. The second-order valence-electron chi connectivity index (χ2n) is 10.5. The van der Waals surface area contributed by atoms with E-state index in [1.54, 1.807) is 19.1 Å². The van der Waals surface area contributed by atoms with Crippen LogP contribution in [0.1, 0.15) is 49.8 Å². The fourth-order valence-corrected chi connectivity index (χ4v) is 6.00. The average Bonchev–Trinajstić information content (AvgIpc) is 3.02. The number of allylic oxidation sites excluding steroid dienone is 1. The first kappa shape index (κ1) is 31.6. The summed E-state index contributed by atoms with van der Waals surface area (Å²) in [5, 5.41) is 17.5. The third kappa shape index (κ3) is 6.83. The lowest BCUT2D eigenvalue weighted by atomic mass is 9.72. The number of thiocarbonyl (C=S) groups is 1. The van der Waals surface area contributed by atoms with Crippen molar-refractivity contribution in [1.82, 2.24) is 20.4 Å². The number of carbonyl (C=O) groups excluding carboxylic acids is 3. The Bertz CT molecular complexity index is 1410. The molecular weight excluding hydrogens is 574 g/mol. The maximum absolute atomic E-state index is 13.6. The van der Waals surface area contributed by atoms with Crippen LogP contribution in [-0.2, 0) is 24.5 Å². The van der Waals surface area contributed by atoms with Gasteiger partial charge < -0.3 is 25.0 Å². The second-order valence-corrected chi connectivity index (χ2v) is 10.9. The molecule has 4 rings (SSSR count). The van der Waals surface area contributed by atoms with Gasteiger partial charge in [-0.3, -0.25) is 19.7 Å². The van der Waals surface area contributed by atoms with Gasteiger partial charge in [-0.05, 0) is 81.3 Å². The van der Waals surface area contributed by atoms with Crippen LogP contribution in [0.15, 0.2) is 66.0 Å². The molecule has 13 heteroatoms. The van der Waals surface area contributed by atoms with E-state index in [1.807, 2.05) is 30.3 Å². The van der Waals surface area contributed by atoms with Gasteiger partial charge in [0.1, 0.15) is 0 Å². The number of hydrogen-bond acceptors (Lipinski definition) is 9. The highest BCUT2D eigenvalue weighted by atomic mass is 32.1. The van der Waals surface area contributed by atoms with E-state index in [-0.39, 0.29) is 23.2 Å². The molecule has 1 fully saturated rings. The van der Waals surface area contributed by atoms with Crippen LogP contribution >= 0.6 is 12.2 Å². The maximum atomic E-state index is 13.6. The highest BCUT2D eigenvalue weighted by Gasteiger charge is 2.44. The molecule has 0 saturated carbocycles. The van der Waals surface area contributed by atoms with Crippen molar-refractivity contribution in [2.75, 3.05) is 33.9 Å². The van der Waals surface area contributed by atoms with E-state index in [1.165, 1.54) is 26.4 Å². The summed E-state index contributed by atoms with van der Waals surface area (Å²) in [5.41, 5.74) is 1.48. The molecule has 2 aromatic carbocycles. The molecule has 1 unspecified atom stereocenters. The number of nitro benzene ring substituents is 1. The molecule has 2 N–H and O–H groups in total. The van der Waals surface area contributed by atoms with Crippen LogP contribution in [0.4, 0.5) is 10.5 Å². The minimum absolute atomic E-state index is 0.0562. The molecule has 2 amide bonds. The Balaban J connectivity index is 1.46. The van der Waals surface area contributed by atoms with Crippen molar-refractivity contribution in [1.29, 1.82) is 0 Å². The molecule has 0 spiro atoms. The van der Waals surface area contributed by atoms with Crippen LogP contribution in [0.5, 0.6) is 0 Å². The van der Waals surface area contributed by atoms with Crippen molar-refractivity contribution in [3.05, 3.63) is 87.2 Å². The summed E-state index contributed by atoms with van der Waals surface area (Å²) in [5.74, 6) is -0.711. The van der Waals surface area contributed by atoms with Gasteiger partial charge >= 0.3 is 12.1 Å².